The van der Waals surface area contributed by atoms with E-state index in [-0.39, 0.29) is 11.8 Å². The number of carbonyl (C=O) groups is 1. The number of anilines is 1. The van der Waals surface area contributed by atoms with Gasteiger partial charge >= 0.3 is 0 Å². The number of aromatic amines is 1. The van der Waals surface area contributed by atoms with Crippen LogP contribution in [0, 0.1) is 0 Å². The lowest BCUT2D eigenvalue weighted by atomic mass is 9.86. The van der Waals surface area contributed by atoms with Gasteiger partial charge in [-0.15, -0.1) is 0 Å². The maximum absolute atomic E-state index is 12.9. The van der Waals surface area contributed by atoms with Gasteiger partial charge in [-0.3, -0.25) is 9.89 Å². The molecule has 0 fully saturated rings. The molecule has 2 aromatic heterocycles. The Morgan fingerprint density at radius 3 is 3.00 bits per heavy atom. The molecule has 0 bridgehead atoms. The molecule has 0 saturated heterocycles. The molecule has 6 heteroatoms. The van der Waals surface area contributed by atoms with Crippen LogP contribution in [0.1, 0.15) is 58.9 Å². The van der Waals surface area contributed by atoms with Crippen molar-refractivity contribution < 1.29 is 4.79 Å². The minimum atomic E-state index is -0.170. The third-order valence-electron chi connectivity index (χ3n) is 4.75. The second-order valence-corrected chi connectivity index (χ2v) is 6.02. The van der Waals surface area contributed by atoms with E-state index in [0.717, 1.165) is 67.5 Å². The Bertz CT molecular complexity index is 699. The molecule has 21 heavy (non-hydrogen) atoms. The van der Waals surface area contributed by atoms with Crippen molar-refractivity contribution in [3.8, 4) is 0 Å². The summed E-state index contributed by atoms with van der Waals surface area (Å²) in [6.45, 7) is 0. The SMILES string of the molecule is Nc1c2c(nn1C(=O)C1CCCc3[nH]ncc31)CCCC2. The zero-order chi connectivity index (χ0) is 14.4. The molecule has 1 unspecified atom stereocenters. The van der Waals surface area contributed by atoms with E-state index in [1.54, 1.807) is 6.20 Å². The number of nitrogens with two attached hydrogens (primary N) is 1. The molecule has 0 radical (unpaired) electrons. The van der Waals surface area contributed by atoms with Crippen molar-refractivity contribution in [1.82, 2.24) is 20.0 Å². The van der Waals surface area contributed by atoms with Gasteiger partial charge in [0.1, 0.15) is 5.82 Å². The van der Waals surface area contributed by atoms with Gasteiger partial charge < -0.3 is 5.73 Å². The summed E-state index contributed by atoms with van der Waals surface area (Å²) in [7, 11) is 0. The van der Waals surface area contributed by atoms with Crippen LogP contribution in [0.5, 0.6) is 0 Å². The number of nitrogens with one attached hydrogen (secondary N) is 1. The average molecular weight is 285 g/mol. The molecule has 2 heterocycles. The summed E-state index contributed by atoms with van der Waals surface area (Å²) in [6.07, 6.45) is 8.71. The fourth-order valence-corrected chi connectivity index (χ4v) is 3.61. The molecule has 0 aliphatic heterocycles. The van der Waals surface area contributed by atoms with E-state index in [1.165, 1.54) is 4.68 Å². The predicted molar refractivity (Wildman–Crippen MR) is 78.2 cm³/mol. The molecule has 0 saturated carbocycles. The summed E-state index contributed by atoms with van der Waals surface area (Å²) >= 11 is 0. The first-order chi connectivity index (χ1) is 10.3. The monoisotopic (exact) mass is 285 g/mol. The van der Waals surface area contributed by atoms with Gasteiger partial charge in [-0.05, 0) is 44.9 Å². The van der Waals surface area contributed by atoms with E-state index in [4.69, 9.17) is 5.73 Å². The molecule has 4 rings (SSSR count). The summed E-state index contributed by atoms with van der Waals surface area (Å²) in [5, 5.41) is 11.6. The number of fused-ring (bicyclic) bond motifs is 2. The second kappa shape index (κ2) is 4.72. The highest BCUT2D eigenvalue weighted by atomic mass is 16.2. The first-order valence-electron chi connectivity index (χ1n) is 7.68. The number of carbonyl (C=O) groups excluding carboxylic acids is 1. The maximum Gasteiger partial charge on any atom is 0.256 e. The Kier molecular flexibility index (Phi) is 2.83. The van der Waals surface area contributed by atoms with Crippen LogP contribution < -0.4 is 5.73 Å². The third kappa shape index (κ3) is 1.89. The molecule has 2 aromatic rings. The first-order valence-corrected chi connectivity index (χ1v) is 7.68. The zero-order valence-electron chi connectivity index (χ0n) is 11.9. The van der Waals surface area contributed by atoms with Crippen LogP contribution in [0.15, 0.2) is 6.20 Å². The summed E-state index contributed by atoms with van der Waals surface area (Å²) in [6, 6.07) is 0. The highest BCUT2D eigenvalue weighted by Gasteiger charge is 2.32. The van der Waals surface area contributed by atoms with Crippen molar-refractivity contribution in [2.24, 2.45) is 0 Å². The van der Waals surface area contributed by atoms with E-state index in [1.807, 2.05) is 0 Å². The molecule has 0 spiro atoms. The lowest BCUT2D eigenvalue weighted by molar-refractivity contribution is 0.0854. The maximum atomic E-state index is 12.9. The minimum absolute atomic E-state index is 0.00995. The molecule has 6 nitrogen and oxygen atoms in total. The molecule has 0 amide bonds. The lowest BCUT2D eigenvalue weighted by Gasteiger charge is -2.20. The topological polar surface area (TPSA) is 89.6 Å². The molecular weight excluding hydrogens is 266 g/mol. The fourth-order valence-electron chi connectivity index (χ4n) is 3.61. The quantitative estimate of drug-likeness (QED) is 0.836. The van der Waals surface area contributed by atoms with Crippen LogP contribution in [0.2, 0.25) is 0 Å². The van der Waals surface area contributed by atoms with Crippen LogP contribution >= 0.6 is 0 Å². The molecule has 3 N–H and O–H groups in total. The standard InChI is InChI=1S/C15H19N5O/c16-14-10-4-1-2-6-13(10)19-20(14)15(21)9-5-3-7-12-11(9)8-17-18-12/h8-9H,1-7,16H2,(H,17,18). The Morgan fingerprint density at radius 1 is 1.29 bits per heavy atom. The van der Waals surface area contributed by atoms with Gasteiger partial charge in [-0.2, -0.15) is 14.9 Å². The number of aryl methyl sites for hydroxylation is 2. The summed E-state index contributed by atoms with van der Waals surface area (Å²) in [5.41, 5.74) is 10.4. The first kappa shape index (κ1) is 12.6. The van der Waals surface area contributed by atoms with E-state index in [9.17, 15) is 4.79 Å². The largest absolute Gasteiger partial charge is 0.383 e. The van der Waals surface area contributed by atoms with Gasteiger partial charge in [-0.25, -0.2) is 0 Å². The zero-order valence-corrected chi connectivity index (χ0v) is 11.9. The Hall–Kier alpha value is -2.11. The lowest BCUT2D eigenvalue weighted by Crippen LogP contribution is -2.25. The Morgan fingerprint density at radius 2 is 2.14 bits per heavy atom. The number of nitrogens with zero attached hydrogens (tertiary/aromatic N) is 3. The molecular formula is C15H19N5O. The van der Waals surface area contributed by atoms with Gasteiger partial charge in [0.15, 0.2) is 0 Å². The number of hydrogen-bond donors (Lipinski definition) is 2. The van der Waals surface area contributed by atoms with Crippen LogP contribution in [0.4, 0.5) is 5.82 Å². The van der Waals surface area contributed by atoms with Crippen molar-refractivity contribution in [3.63, 3.8) is 0 Å². The number of H-pyrrole nitrogens is 1. The Balaban J connectivity index is 1.72. The fraction of sp³-hybridized carbons (Fsp3) is 0.533. The molecule has 2 aliphatic rings. The summed E-state index contributed by atoms with van der Waals surface area (Å²) in [4.78, 5) is 12.9. The van der Waals surface area contributed by atoms with Crippen LogP contribution in [0.25, 0.3) is 0 Å². The summed E-state index contributed by atoms with van der Waals surface area (Å²) < 4.78 is 1.45. The smallest absolute Gasteiger partial charge is 0.256 e. The number of aromatic nitrogens is 4. The normalized spacial score (nSPS) is 20.9. The number of rotatable bonds is 1. The van der Waals surface area contributed by atoms with Gasteiger partial charge in [0.25, 0.3) is 5.91 Å². The van der Waals surface area contributed by atoms with E-state index in [2.05, 4.69) is 15.3 Å². The average Bonchev–Trinajstić information content (AvgIpc) is 3.11. The van der Waals surface area contributed by atoms with Gasteiger partial charge in [0.2, 0.25) is 0 Å². The summed E-state index contributed by atoms with van der Waals surface area (Å²) in [5.74, 6) is 0.366. The van der Waals surface area contributed by atoms with Crippen LogP contribution in [-0.2, 0) is 19.3 Å². The third-order valence-corrected chi connectivity index (χ3v) is 4.75. The van der Waals surface area contributed by atoms with E-state index >= 15 is 0 Å². The predicted octanol–water partition coefficient (Wildman–Crippen LogP) is 1.83. The van der Waals surface area contributed by atoms with Gasteiger partial charge in [0, 0.05) is 16.8 Å². The molecule has 2 aliphatic carbocycles. The van der Waals surface area contributed by atoms with Gasteiger partial charge in [-0.1, -0.05) is 0 Å². The molecule has 110 valence electrons. The highest BCUT2D eigenvalue weighted by molar-refractivity contribution is 5.88. The minimum Gasteiger partial charge on any atom is -0.383 e. The van der Waals surface area contributed by atoms with Crippen molar-refractivity contribution in [3.05, 3.63) is 28.7 Å². The van der Waals surface area contributed by atoms with Crippen molar-refractivity contribution in [2.75, 3.05) is 5.73 Å². The second-order valence-electron chi connectivity index (χ2n) is 6.02. The van der Waals surface area contributed by atoms with E-state index in [0.29, 0.717) is 5.82 Å². The van der Waals surface area contributed by atoms with Crippen molar-refractivity contribution in [2.45, 2.75) is 50.9 Å². The van der Waals surface area contributed by atoms with E-state index < -0.39 is 0 Å². The number of hydrogen-bond acceptors (Lipinski definition) is 4. The van der Waals surface area contributed by atoms with Crippen molar-refractivity contribution >= 4 is 11.7 Å². The van der Waals surface area contributed by atoms with Crippen molar-refractivity contribution in [1.29, 1.82) is 0 Å². The van der Waals surface area contributed by atoms with Gasteiger partial charge in [0.05, 0.1) is 17.8 Å². The number of nitrogen functional groups attached to an aromatic ring is 1. The Labute approximate surface area is 122 Å². The van der Waals surface area contributed by atoms with Crippen LogP contribution in [0.3, 0.4) is 0 Å². The highest BCUT2D eigenvalue weighted by Crippen LogP contribution is 2.33. The van der Waals surface area contributed by atoms with Crippen LogP contribution in [-0.4, -0.2) is 25.9 Å². The molecule has 0 aromatic carbocycles. The molecule has 1 atom stereocenters.